The molecule has 3 aromatic rings. The van der Waals surface area contributed by atoms with Crippen molar-refractivity contribution >= 4 is 16.9 Å². The molecule has 1 aromatic heterocycles. The minimum absolute atomic E-state index is 0.0297. The fraction of sp³-hybridized carbons (Fsp3) is 0.576. The molecule has 7 nitrogen and oxygen atoms in total. The molecule has 216 valence electrons. The van der Waals surface area contributed by atoms with Gasteiger partial charge in [-0.2, -0.15) is 0 Å². The number of nitrogens with zero attached hydrogens (tertiary/aromatic N) is 4. The Morgan fingerprint density at radius 3 is 2.40 bits per heavy atom. The number of rotatable bonds is 11. The highest BCUT2D eigenvalue weighted by atomic mass is 16.5. The van der Waals surface area contributed by atoms with Gasteiger partial charge in [0, 0.05) is 44.7 Å². The summed E-state index contributed by atoms with van der Waals surface area (Å²) in [5, 5.41) is 9.90. The smallest absolute Gasteiger partial charge is 0.225 e. The number of ether oxygens (including phenoxy) is 1. The lowest BCUT2D eigenvalue weighted by Crippen LogP contribution is -2.37. The number of carbonyl (C=O) groups is 1. The molecule has 2 aliphatic rings. The molecule has 5 rings (SSSR count). The van der Waals surface area contributed by atoms with Crippen molar-refractivity contribution in [2.75, 3.05) is 39.3 Å². The van der Waals surface area contributed by atoms with Gasteiger partial charge in [-0.3, -0.25) is 9.69 Å². The first kappa shape index (κ1) is 28.6. The molecule has 2 heterocycles. The third kappa shape index (κ3) is 6.52. The molecule has 0 unspecified atom stereocenters. The third-order valence-electron chi connectivity index (χ3n) is 9.15. The summed E-state index contributed by atoms with van der Waals surface area (Å²) in [6.45, 7) is 9.36. The summed E-state index contributed by atoms with van der Waals surface area (Å²) in [7, 11) is 0. The van der Waals surface area contributed by atoms with Crippen LogP contribution >= 0.6 is 0 Å². The molecule has 40 heavy (non-hydrogen) atoms. The fourth-order valence-corrected chi connectivity index (χ4v) is 6.83. The normalized spacial score (nSPS) is 20.6. The Morgan fingerprint density at radius 2 is 1.68 bits per heavy atom. The Morgan fingerprint density at radius 1 is 0.975 bits per heavy atom. The lowest BCUT2D eigenvalue weighted by atomic mass is 9.78. The number of imidazole rings is 1. The summed E-state index contributed by atoms with van der Waals surface area (Å²) in [6.07, 6.45) is 7.37. The summed E-state index contributed by atoms with van der Waals surface area (Å²) in [5.41, 5.74) is 3.37. The monoisotopic (exact) mass is 546 g/mol. The quantitative estimate of drug-likeness (QED) is 0.346. The number of piperidine rings is 1. The second-order valence-electron chi connectivity index (χ2n) is 11.5. The van der Waals surface area contributed by atoms with Crippen molar-refractivity contribution in [1.29, 1.82) is 0 Å². The maximum absolute atomic E-state index is 12.8. The topological polar surface area (TPSA) is 70.8 Å². The van der Waals surface area contributed by atoms with Gasteiger partial charge in [0.05, 0.1) is 11.0 Å². The van der Waals surface area contributed by atoms with Crippen LogP contribution in [0.3, 0.4) is 0 Å². The summed E-state index contributed by atoms with van der Waals surface area (Å²) in [5.74, 6) is 2.95. The van der Waals surface area contributed by atoms with E-state index in [4.69, 9.17) is 4.74 Å². The van der Waals surface area contributed by atoms with Crippen LogP contribution in [0.25, 0.3) is 11.0 Å². The van der Waals surface area contributed by atoms with E-state index in [9.17, 15) is 9.90 Å². The lowest BCUT2D eigenvalue weighted by molar-refractivity contribution is -0.136. The molecule has 0 atom stereocenters. The van der Waals surface area contributed by atoms with Gasteiger partial charge in [-0.15, -0.1) is 0 Å². The summed E-state index contributed by atoms with van der Waals surface area (Å²) in [4.78, 5) is 21.9. The first-order valence-electron chi connectivity index (χ1n) is 15.4. The van der Waals surface area contributed by atoms with Crippen molar-refractivity contribution in [3.63, 3.8) is 0 Å². The number of likely N-dealkylation sites (tertiary alicyclic amines) is 1. The largest absolute Gasteiger partial charge is 0.492 e. The van der Waals surface area contributed by atoms with Gasteiger partial charge in [0.2, 0.25) is 5.91 Å². The van der Waals surface area contributed by atoms with Crippen LogP contribution in [0, 0.1) is 11.8 Å². The second-order valence-corrected chi connectivity index (χ2v) is 11.5. The number of carbonyl (C=O) groups excluding carboxylic acids is 1. The Bertz CT molecular complexity index is 1240. The maximum atomic E-state index is 12.8. The summed E-state index contributed by atoms with van der Waals surface area (Å²) >= 11 is 0. The van der Waals surface area contributed by atoms with Crippen molar-refractivity contribution in [1.82, 2.24) is 19.4 Å². The molecule has 2 fully saturated rings. The first-order chi connectivity index (χ1) is 19.6. The SMILES string of the molecule is CCN(CC)C(=O)[C@H]1CC[C@H](Cc2ccccc2OCCN2CCC(n3c(CO)nc4ccccc43)CC2)CC1. The molecule has 0 radical (unpaired) electrons. The summed E-state index contributed by atoms with van der Waals surface area (Å²) < 4.78 is 8.60. The number of fused-ring (bicyclic) bond motifs is 1. The molecule has 1 N–H and O–H groups in total. The predicted molar refractivity (Wildman–Crippen MR) is 159 cm³/mol. The van der Waals surface area contributed by atoms with E-state index in [0.717, 1.165) is 100 Å². The Balaban J connectivity index is 1.09. The van der Waals surface area contributed by atoms with Crippen molar-refractivity contribution in [3.8, 4) is 5.75 Å². The van der Waals surface area contributed by atoms with Gasteiger partial charge in [-0.1, -0.05) is 30.3 Å². The number of benzene rings is 2. The molecule has 1 aliphatic heterocycles. The highest BCUT2D eigenvalue weighted by Gasteiger charge is 2.29. The van der Waals surface area contributed by atoms with Crippen molar-refractivity contribution in [2.24, 2.45) is 11.8 Å². The minimum Gasteiger partial charge on any atom is -0.492 e. The standard InChI is InChI=1S/C33H46N4O3/c1-3-36(4-2)33(39)26-15-13-25(14-16-26)23-27-9-5-8-12-31(27)40-22-21-35-19-17-28(18-20-35)37-30-11-7-6-10-29(30)34-32(37)24-38/h5-12,25-26,28,38H,3-4,13-24H2,1-2H3/t25-,26-. The molecule has 0 bridgehead atoms. The first-order valence-corrected chi connectivity index (χ1v) is 15.4. The van der Waals surface area contributed by atoms with E-state index in [0.29, 0.717) is 24.5 Å². The molecule has 1 saturated heterocycles. The molecular weight excluding hydrogens is 500 g/mol. The molecule has 1 amide bonds. The third-order valence-corrected chi connectivity index (χ3v) is 9.15. The van der Waals surface area contributed by atoms with Crippen LogP contribution in [0.1, 0.15) is 69.8 Å². The average molecular weight is 547 g/mol. The van der Waals surface area contributed by atoms with Gasteiger partial charge in [-0.25, -0.2) is 4.98 Å². The van der Waals surface area contributed by atoms with E-state index >= 15 is 0 Å². The van der Waals surface area contributed by atoms with Crippen LogP contribution in [0.2, 0.25) is 0 Å². The Labute approximate surface area is 239 Å². The van der Waals surface area contributed by atoms with Gasteiger partial charge in [0.15, 0.2) is 0 Å². The van der Waals surface area contributed by atoms with Gasteiger partial charge in [0.1, 0.15) is 24.8 Å². The minimum atomic E-state index is -0.0297. The molecular formula is C33H46N4O3. The van der Waals surface area contributed by atoms with E-state index < -0.39 is 0 Å². The van der Waals surface area contributed by atoms with Crippen molar-refractivity contribution < 1.29 is 14.6 Å². The molecule has 1 saturated carbocycles. The maximum Gasteiger partial charge on any atom is 0.225 e. The average Bonchev–Trinajstić information content (AvgIpc) is 3.38. The highest BCUT2D eigenvalue weighted by molar-refractivity contribution is 5.79. The highest BCUT2D eigenvalue weighted by Crippen LogP contribution is 2.34. The number of hydrogen-bond acceptors (Lipinski definition) is 5. The van der Waals surface area contributed by atoms with E-state index in [-0.39, 0.29) is 12.5 Å². The van der Waals surface area contributed by atoms with Gasteiger partial charge >= 0.3 is 0 Å². The number of amides is 1. The number of para-hydroxylation sites is 3. The van der Waals surface area contributed by atoms with Crippen molar-refractivity contribution in [2.45, 2.75) is 71.4 Å². The van der Waals surface area contributed by atoms with Crippen LogP contribution in [0.15, 0.2) is 48.5 Å². The number of hydrogen-bond donors (Lipinski definition) is 1. The molecule has 0 spiro atoms. The van der Waals surface area contributed by atoms with Crippen LogP contribution in [-0.4, -0.2) is 69.7 Å². The lowest BCUT2D eigenvalue weighted by Gasteiger charge is -2.33. The van der Waals surface area contributed by atoms with E-state index in [1.165, 1.54) is 5.56 Å². The number of aliphatic hydroxyl groups is 1. The van der Waals surface area contributed by atoms with Gasteiger partial charge in [0.25, 0.3) is 0 Å². The van der Waals surface area contributed by atoms with Crippen LogP contribution in [0.5, 0.6) is 5.75 Å². The van der Waals surface area contributed by atoms with E-state index in [1.54, 1.807) is 0 Å². The number of aliphatic hydroxyl groups excluding tert-OH is 1. The molecule has 2 aromatic carbocycles. The predicted octanol–water partition coefficient (Wildman–Crippen LogP) is 5.46. The van der Waals surface area contributed by atoms with E-state index in [2.05, 4.69) is 58.6 Å². The summed E-state index contributed by atoms with van der Waals surface area (Å²) in [6, 6.07) is 17.0. The Kier molecular flexibility index (Phi) is 9.76. The zero-order valence-corrected chi connectivity index (χ0v) is 24.3. The van der Waals surface area contributed by atoms with Gasteiger partial charge in [-0.05, 0) is 88.5 Å². The van der Waals surface area contributed by atoms with E-state index in [1.807, 2.05) is 23.1 Å². The zero-order chi connectivity index (χ0) is 27.9. The van der Waals surface area contributed by atoms with Crippen molar-refractivity contribution in [3.05, 3.63) is 59.9 Å². The van der Waals surface area contributed by atoms with Gasteiger partial charge < -0.3 is 19.3 Å². The van der Waals surface area contributed by atoms with Crippen LogP contribution in [0.4, 0.5) is 0 Å². The second kappa shape index (κ2) is 13.6. The fourth-order valence-electron chi connectivity index (χ4n) is 6.83. The molecule has 7 heteroatoms. The van der Waals surface area contributed by atoms with Crippen LogP contribution in [-0.2, 0) is 17.8 Å². The number of aromatic nitrogens is 2. The zero-order valence-electron chi connectivity index (χ0n) is 24.3. The Hall–Kier alpha value is -2.90. The van der Waals surface area contributed by atoms with Crippen LogP contribution < -0.4 is 4.74 Å². The molecule has 1 aliphatic carbocycles.